The van der Waals surface area contributed by atoms with Crippen LogP contribution in [0.1, 0.15) is 16.7 Å². The molecule has 0 fully saturated rings. The van der Waals surface area contributed by atoms with Crippen LogP contribution in [0, 0.1) is 24.0 Å². The molecule has 1 N–H and O–H groups in total. The zero-order valence-corrected chi connectivity index (χ0v) is 13.6. The van der Waals surface area contributed by atoms with Crippen molar-refractivity contribution in [2.24, 2.45) is 0 Å². The van der Waals surface area contributed by atoms with Crippen LogP contribution in [0.25, 0.3) is 0 Å². The van der Waals surface area contributed by atoms with Gasteiger partial charge in [-0.15, -0.1) is 0 Å². The van der Waals surface area contributed by atoms with Crippen LogP contribution in [0.5, 0.6) is 0 Å². The second-order valence-corrected chi connectivity index (χ2v) is 5.89. The summed E-state index contributed by atoms with van der Waals surface area (Å²) in [6.45, 7) is 4.92. The zero-order valence-electron chi connectivity index (χ0n) is 12.0. The van der Waals surface area contributed by atoms with E-state index in [-0.39, 0.29) is 10.6 Å². The van der Waals surface area contributed by atoms with Gasteiger partial charge in [-0.3, -0.25) is 10.1 Å². The van der Waals surface area contributed by atoms with Crippen LogP contribution in [0.15, 0.2) is 40.9 Å². The minimum atomic E-state index is -0.380. The molecule has 2 rings (SSSR count). The number of non-ortho nitro benzene ring substituents is 1. The van der Waals surface area contributed by atoms with Crippen molar-refractivity contribution in [3.05, 3.63) is 67.7 Å². The summed E-state index contributed by atoms with van der Waals surface area (Å²) in [7, 11) is 0. The van der Waals surface area contributed by atoms with Crippen LogP contribution in [-0.4, -0.2) is 11.5 Å². The Labute approximate surface area is 132 Å². The number of halogens is 1. The van der Waals surface area contributed by atoms with Gasteiger partial charge in [0.25, 0.3) is 5.69 Å². The fourth-order valence-corrected chi connectivity index (χ4v) is 3.07. The van der Waals surface area contributed by atoms with Gasteiger partial charge >= 0.3 is 0 Å². The first kappa shape index (κ1) is 15.5. The van der Waals surface area contributed by atoms with Gasteiger partial charge < -0.3 is 5.32 Å². The van der Waals surface area contributed by atoms with Gasteiger partial charge in [0.2, 0.25) is 0 Å². The molecule has 0 atom stereocenters. The lowest BCUT2D eigenvalue weighted by Crippen LogP contribution is -2.07. The van der Waals surface area contributed by atoms with Crippen molar-refractivity contribution in [2.75, 3.05) is 11.9 Å². The number of benzene rings is 2. The van der Waals surface area contributed by atoms with Gasteiger partial charge in [-0.1, -0.05) is 18.2 Å². The van der Waals surface area contributed by atoms with Gasteiger partial charge in [-0.05, 0) is 59.0 Å². The molecule has 0 radical (unpaired) electrons. The third-order valence-electron chi connectivity index (χ3n) is 3.29. The summed E-state index contributed by atoms with van der Waals surface area (Å²) in [4.78, 5) is 10.2. The summed E-state index contributed by atoms with van der Waals surface area (Å²) in [5.41, 5.74) is 4.73. The molecule has 2 aromatic carbocycles. The topological polar surface area (TPSA) is 55.2 Å². The van der Waals surface area contributed by atoms with Crippen molar-refractivity contribution in [2.45, 2.75) is 20.3 Å². The summed E-state index contributed by atoms with van der Waals surface area (Å²) in [5.74, 6) is 0. The second kappa shape index (κ2) is 6.72. The maximum atomic E-state index is 10.6. The van der Waals surface area contributed by atoms with Gasteiger partial charge in [0.15, 0.2) is 0 Å². The molecule has 0 spiro atoms. The number of nitro groups is 1. The number of nitro benzene ring substituents is 1. The fourth-order valence-electron chi connectivity index (χ4n) is 2.26. The maximum Gasteiger partial charge on any atom is 0.269 e. The number of hydrogen-bond donors (Lipinski definition) is 1. The Balaban J connectivity index is 1.97. The number of anilines is 1. The molecule has 0 saturated heterocycles. The van der Waals surface area contributed by atoms with Crippen LogP contribution in [-0.2, 0) is 6.42 Å². The Hall–Kier alpha value is -1.88. The zero-order chi connectivity index (χ0) is 15.4. The lowest BCUT2D eigenvalue weighted by atomic mass is 10.1. The molecule has 4 nitrogen and oxygen atoms in total. The van der Waals surface area contributed by atoms with Crippen LogP contribution < -0.4 is 5.32 Å². The summed E-state index contributed by atoms with van der Waals surface area (Å²) >= 11 is 3.57. The standard InChI is InChI=1S/C16H17BrN2O2/c1-11-9-12(2)16(15(17)10-11)18-8-7-13-3-5-14(6-4-13)19(20)21/h3-6,9-10,18H,7-8H2,1-2H3. The Kier molecular flexibility index (Phi) is 4.96. The third kappa shape index (κ3) is 4.04. The van der Waals surface area contributed by atoms with Gasteiger partial charge in [0.05, 0.1) is 10.6 Å². The number of aryl methyl sites for hydroxylation is 2. The molecule has 0 heterocycles. The molecular formula is C16H17BrN2O2. The molecule has 5 heteroatoms. The first-order chi connectivity index (χ1) is 9.97. The molecule has 0 bridgehead atoms. The fraction of sp³-hybridized carbons (Fsp3) is 0.250. The smallest absolute Gasteiger partial charge is 0.269 e. The van der Waals surface area contributed by atoms with Crippen molar-refractivity contribution in [3.63, 3.8) is 0 Å². The number of nitrogens with zero attached hydrogens (tertiary/aromatic N) is 1. The van der Waals surface area contributed by atoms with Crippen molar-refractivity contribution >= 4 is 27.3 Å². The molecular weight excluding hydrogens is 332 g/mol. The largest absolute Gasteiger partial charge is 0.384 e. The molecule has 0 saturated carbocycles. The Morgan fingerprint density at radius 2 is 1.86 bits per heavy atom. The highest BCUT2D eigenvalue weighted by Crippen LogP contribution is 2.27. The van der Waals surface area contributed by atoms with Crippen molar-refractivity contribution in [1.29, 1.82) is 0 Å². The van der Waals surface area contributed by atoms with E-state index in [1.807, 2.05) is 0 Å². The quantitative estimate of drug-likeness (QED) is 0.633. The van der Waals surface area contributed by atoms with Crippen molar-refractivity contribution in [1.82, 2.24) is 0 Å². The number of hydrogen-bond acceptors (Lipinski definition) is 3. The van der Waals surface area contributed by atoms with Crippen molar-refractivity contribution < 1.29 is 4.92 Å². The van der Waals surface area contributed by atoms with E-state index >= 15 is 0 Å². The lowest BCUT2D eigenvalue weighted by molar-refractivity contribution is -0.384. The molecule has 0 unspecified atom stereocenters. The van der Waals surface area contributed by atoms with Crippen LogP contribution in [0.4, 0.5) is 11.4 Å². The Morgan fingerprint density at radius 1 is 1.19 bits per heavy atom. The monoisotopic (exact) mass is 348 g/mol. The van der Waals surface area contributed by atoms with Crippen LogP contribution in [0.2, 0.25) is 0 Å². The first-order valence-electron chi connectivity index (χ1n) is 6.71. The summed E-state index contributed by atoms with van der Waals surface area (Å²) < 4.78 is 1.06. The Bertz CT molecular complexity index is 631. The molecule has 0 aromatic heterocycles. The van der Waals surface area contributed by atoms with Gasteiger partial charge in [0.1, 0.15) is 0 Å². The molecule has 0 aliphatic carbocycles. The van der Waals surface area contributed by atoms with Crippen LogP contribution >= 0.6 is 15.9 Å². The highest BCUT2D eigenvalue weighted by atomic mass is 79.9. The van der Waals surface area contributed by atoms with E-state index in [1.165, 1.54) is 11.1 Å². The molecule has 21 heavy (non-hydrogen) atoms. The lowest BCUT2D eigenvalue weighted by Gasteiger charge is -2.12. The van der Waals surface area contributed by atoms with E-state index < -0.39 is 0 Å². The predicted octanol–water partition coefficient (Wildman–Crippen LogP) is 4.63. The first-order valence-corrected chi connectivity index (χ1v) is 7.50. The van der Waals surface area contributed by atoms with E-state index in [9.17, 15) is 10.1 Å². The second-order valence-electron chi connectivity index (χ2n) is 5.04. The highest BCUT2D eigenvalue weighted by Gasteiger charge is 2.06. The Morgan fingerprint density at radius 3 is 2.43 bits per heavy atom. The van der Waals surface area contributed by atoms with Gasteiger partial charge in [-0.25, -0.2) is 0 Å². The molecule has 2 aromatic rings. The predicted molar refractivity (Wildman–Crippen MR) is 88.9 cm³/mol. The number of nitrogens with one attached hydrogen (secondary N) is 1. The summed E-state index contributed by atoms with van der Waals surface area (Å²) in [5, 5.41) is 14.0. The summed E-state index contributed by atoms with van der Waals surface area (Å²) in [6, 6.07) is 10.9. The molecule has 0 amide bonds. The summed E-state index contributed by atoms with van der Waals surface area (Å²) in [6.07, 6.45) is 0.817. The van der Waals surface area contributed by atoms with Crippen LogP contribution in [0.3, 0.4) is 0 Å². The average molecular weight is 349 g/mol. The average Bonchev–Trinajstić information content (AvgIpc) is 2.42. The van der Waals surface area contributed by atoms with E-state index in [2.05, 4.69) is 47.2 Å². The van der Waals surface area contributed by atoms with E-state index in [1.54, 1.807) is 24.3 Å². The molecule has 0 aliphatic heterocycles. The van der Waals surface area contributed by atoms with E-state index in [0.717, 1.165) is 28.7 Å². The molecule has 0 aliphatic rings. The SMILES string of the molecule is Cc1cc(C)c(NCCc2ccc([N+](=O)[O-])cc2)c(Br)c1. The third-order valence-corrected chi connectivity index (χ3v) is 3.92. The van der Waals surface area contributed by atoms with Crippen molar-refractivity contribution in [3.8, 4) is 0 Å². The van der Waals surface area contributed by atoms with Gasteiger partial charge in [0, 0.05) is 23.2 Å². The minimum absolute atomic E-state index is 0.129. The van der Waals surface area contributed by atoms with E-state index in [0.29, 0.717) is 0 Å². The number of rotatable bonds is 5. The maximum absolute atomic E-state index is 10.6. The van der Waals surface area contributed by atoms with Gasteiger partial charge in [-0.2, -0.15) is 0 Å². The normalized spacial score (nSPS) is 10.4. The highest BCUT2D eigenvalue weighted by molar-refractivity contribution is 9.10. The van der Waals surface area contributed by atoms with E-state index in [4.69, 9.17) is 0 Å². The minimum Gasteiger partial charge on any atom is -0.384 e. The molecule has 110 valence electrons.